The number of rotatable bonds is 8. The summed E-state index contributed by atoms with van der Waals surface area (Å²) in [5.41, 5.74) is 3.21. The quantitative estimate of drug-likeness (QED) is 0.469. The lowest BCUT2D eigenvalue weighted by atomic mass is 9.83. The fourth-order valence-corrected chi connectivity index (χ4v) is 4.86. The summed E-state index contributed by atoms with van der Waals surface area (Å²) in [4.78, 5) is 18.2. The second-order valence-corrected chi connectivity index (χ2v) is 9.33. The van der Waals surface area contributed by atoms with Gasteiger partial charge in [-0.2, -0.15) is 0 Å². The SMILES string of the molecule is CCCN(CC(=O)C=C1N(C)c2ccccc2C1(C)C)Cc1nnc(-c2cccs2)o1. The number of thiophene rings is 1. The fourth-order valence-electron chi connectivity index (χ4n) is 4.22. The molecule has 2 aromatic heterocycles. The summed E-state index contributed by atoms with van der Waals surface area (Å²) in [6.07, 6.45) is 2.74. The summed E-state index contributed by atoms with van der Waals surface area (Å²) >= 11 is 1.57. The summed E-state index contributed by atoms with van der Waals surface area (Å²) in [6.45, 7) is 8.00. The van der Waals surface area contributed by atoms with Gasteiger partial charge >= 0.3 is 0 Å². The van der Waals surface area contributed by atoms with Gasteiger partial charge in [-0.15, -0.1) is 21.5 Å². The number of fused-ring (bicyclic) bond motifs is 1. The number of hydrogen-bond donors (Lipinski definition) is 0. The molecular formula is C24H28N4O2S. The average Bonchev–Trinajstić information content (AvgIpc) is 3.46. The van der Waals surface area contributed by atoms with Crippen LogP contribution in [0.25, 0.3) is 10.8 Å². The van der Waals surface area contributed by atoms with E-state index in [0.29, 0.717) is 24.9 Å². The Bertz CT molecular complexity index is 1080. The van der Waals surface area contributed by atoms with Crippen molar-refractivity contribution in [1.29, 1.82) is 0 Å². The number of aromatic nitrogens is 2. The molecule has 4 rings (SSSR count). The first-order chi connectivity index (χ1) is 14.9. The van der Waals surface area contributed by atoms with E-state index in [-0.39, 0.29) is 11.2 Å². The zero-order valence-corrected chi connectivity index (χ0v) is 19.3. The van der Waals surface area contributed by atoms with Crippen LogP contribution in [0.2, 0.25) is 0 Å². The van der Waals surface area contributed by atoms with Crippen LogP contribution in [0.15, 0.2) is 58.0 Å². The highest BCUT2D eigenvalue weighted by atomic mass is 32.1. The molecule has 0 radical (unpaired) electrons. The molecule has 0 fully saturated rings. The zero-order valence-electron chi connectivity index (χ0n) is 18.5. The second kappa shape index (κ2) is 8.77. The highest BCUT2D eigenvalue weighted by molar-refractivity contribution is 7.13. The van der Waals surface area contributed by atoms with Crippen molar-refractivity contribution in [3.8, 4) is 10.8 Å². The van der Waals surface area contributed by atoms with Crippen LogP contribution in [0, 0.1) is 0 Å². The van der Waals surface area contributed by atoms with Gasteiger partial charge in [-0.05, 0) is 36.0 Å². The van der Waals surface area contributed by atoms with E-state index >= 15 is 0 Å². The molecule has 1 aliphatic rings. The van der Waals surface area contributed by atoms with Gasteiger partial charge in [0.05, 0.1) is 18.0 Å². The minimum atomic E-state index is -0.210. The monoisotopic (exact) mass is 436 g/mol. The van der Waals surface area contributed by atoms with E-state index in [4.69, 9.17) is 4.42 Å². The largest absolute Gasteiger partial charge is 0.419 e. The molecule has 3 heterocycles. The maximum atomic E-state index is 13.0. The Labute approximate surface area is 187 Å². The van der Waals surface area contributed by atoms with Gasteiger partial charge in [-0.3, -0.25) is 9.69 Å². The van der Waals surface area contributed by atoms with Gasteiger partial charge in [0, 0.05) is 29.9 Å². The molecule has 0 atom stereocenters. The molecule has 7 heteroatoms. The van der Waals surface area contributed by atoms with Crippen LogP contribution in [0.1, 0.15) is 38.6 Å². The summed E-state index contributed by atoms with van der Waals surface area (Å²) in [6, 6.07) is 12.2. The Balaban J connectivity index is 1.48. The summed E-state index contributed by atoms with van der Waals surface area (Å²) in [5, 5.41) is 10.3. The van der Waals surface area contributed by atoms with Crippen molar-refractivity contribution in [3.05, 3.63) is 65.0 Å². The Kier molecular flexibility index (Phi) is 6.07. The number of nitrogens with zero attached hydrogens (tertiary/aromatic N) is 4. The van der Waals surface area contributed by atoms with Crippen LogP contribution in [-0.2, 0) is 16.8 Å². The number of allylic oxidation sites excluding steroid dienone is 1. The van der Waals surface area contributed by atoms with Crippen LogP contribution < -0.4 is 4.90 Å². The van der Waals surface area contributed by atoms with Crippen molar-refractivity contribution in [2.24, 2.45) is 0 Å². The van der Waals surface area contributed by atoms with Gasteiger partial charge in [-0.25, -0.2) is 0 Å². The second-order valence-electron chi connectivity index (χ2n) is 8.39. The smallest absolute Gasteiger partial charge is 0.257 e. The molecule has 1 aromatic carbocycles. The number of para-hydroxylation sites is 1. The third kappa shape index (κ3) is 4.34. The third-order valence-corrected chi connectivity index (χ3v) is 6.57. The molecule has 0 N–H and O–H groups in total. The van der Waals surface area contributed by atoms with Crippen molar-refractivity contribution in [2.45, 2.75) is 39.2 Å². The van der Waals surface area contributed by atoms with E-state index in [1.165, 1.54) is 5.56 Å². The number of benzene rings is 1. The molecule has 6 nitrogen and oxygen atoms in total. The molecular weight excluding hydrogens is 408 g/mol. The predicted octanol–water partition coefficient (Wildman–Crippen LogP) is 4.89. The highest BCUT2D eigenvalue weighted by Crippen LogP contribution is 2.46. The number of carbonyl (C=O) groups excluding carboxylic acids is 1. The molecule has 0 aliphatic carbocycles. The van der Waals surface area contributed by atoms with E-state index in [0.717, 1.165) is 29.2 Å². The Morgan fingerprint density at radius 2 is 2.03 bits per heavy atom. The van der Waals surface area contributed by atoms with Crippen LogP contribution in [0.5, 0.6) is 0 Å². The minimum Gasteiger partial charge on any atom is -0.419 e. The van der Waals surface area contributed by atoms with Crippen molar-refractivity contribution < 1.29 is 9.21 Å². The molecule has 0 unspecified atom stereocenters. The first kappa shape index (κ1) is 21.5. The predicted molar refractivity (Wildman–Crippen MR) is 124 cm³/mol. The van der Waals surface area contributed by atoms with E-state index in [2.05, 4.69) is 59.0 Å². The van der Waals surface area contributed by atoms with Gasteiger partial charge in [0.25, 0.3) is 5.89 Å². The van der Waals surface area contributed by atoms with Crippen molar-refractivity contribution in [1.82, 2.24) is 15.1 Å². The maximum Gasteiger partial charge on any atom is 0.257 e. The third-order valence-electron chi connectivity index (χ3n) is 5.72. The maximum absolute atomic E-state index is 13.0. The molecule has 0 saturated heterocycles. The lowest BCUT2D eigenvalue weighted by Gasteiger charge is -2.24. The molecule has 31 heavy (non-hydrogen) atoms. The Hall–Kier alpha value is -2.77. The van der Waals surface area contributed by atoms with E-state index in [9.17, 15) is 4.79 Å². The van der Waals surface area contributed by atoms with Crippen molar-refractivity contribution >= 4 is 22.8 Å². The number of likely N-dealkylation sites (N-methyl/N-ethyl adjacent to an activating group) is 1. The molecule has 0 amide bonds. The average molecular weight is 437 g/mol. The zero-order chi connectivity index (χ0) is 22.0. The van der Waals surface area contributed by atoms with Gasteiger partial charge in [0.1, 0.15) is 0 Å². The lowest BCUT2D eigenvalue weighted by molar-refractivity contribution is -0.116. The summed E-state index contributed by atoms with van der Waals surface area (Å²) in [7, 11) is 2.03. The van der Waals surface area contributed by atoms with E-state index in [1.54, 1.807) is 17.4 Å². The number of anilines is 1. The molecule has 0 saturated carbocycles. The molecule has 0 bridgehead atoms. The van der Waals surface area contributed by atoms with E-state index in [1.807, 2.05) is 30.6 Å². The van der Waals surface area contributed by atoms with Crippen LogP contribution in [0.4, 0.5) is 5.69 Å². The van der Waals surface area contributed by atoms with Gasteiger partial charge in [-0.1, -0.05) is 45.0 Å². The van der Waals surface area contributed by atoms with Gasteiger partial charge in [0.15, 0.2) is 5.78 Å². The van der Waals surface area contributed by atoms with Crippen LogP contribution in [0.3, 0.4) is 0 Å². The number of hydrogen-bond acceptors (Lipinski definition) is 7. The number of ketones is 1. The molecule has 1 aliphatic heterocycles. The molecule has 3 aromatic rings. The minimum absolute atomic E-state index is 0.0779. The Morgan fingerprint density at radius 3 is 2.74 bits per heavy atom. The standard InChI is InChI=1S/C24H28N4O2S/c1-5-12-28(16-22-25-26-23(30-22)20-11-8-13-31-20)15-17(29)14-21-24(2,3)18-9-6-7-10-19(18)27(21)4/h6-11,13-14H,5,12,15-16H2,1-4H3. The van der Waals surface area contributed by atoms with Gasteiger partial charge in [0.2, 0.25) is 5.89 Å². The first-order valence-corrected chi connectivity index (χ1v) is 11.4. The molecule has 162 valence electrons. The normalized spacial score (nSPS) is 16.3. The fraction of sp³-hybridized carbons (Fsp3) is 0.375. The highest BCUT2D eigenvalue weighted by Gasteiger charge is 2.38. The summed E-state index contributed by atoms with van der Waals surface area (Å²) < 4.78 is 5.82. The molecule has 0 spiro atoms. The van der Waals surface area contributed by atoms with Crippen molar-refractivity contribution in [2.75, 3.05) is 25.0 Å². The van der Waals surface area contributed by atoms with Gasteiger partial charge < -0.3 is 9.32 Å². The van der Waals surface area contributed by atoms with Crippen LogP contribution >= 0.6 is 11.3 Å². The first-order valence-electron chi connectivity index (χ1n) is 10.6. The van der Waals surface area contributed by atoms with Crippen LogP contribution in [-0.4, -0.2) is 41.0 Å². The lowest BCUT2D eigenvalue weighted by Crippen LogP contribution is -2.31. The topological polar surface area (TPSA) is 62.5 Å². The van der Waals surface area contributed by atoms with E-state index < -0.39 is 0 Å². The van der Waals surface area contributed by atoms with Crippen molar-refractivity contribution in [3.63, 3.8) is 0 Å². The Morgan fingerprint density at radius 1 is 1.23 bits per heavy atom. The number of carbonyl (C=O) groups is 1. The summed E-state index contributed by atoms with van der Waals surface area (Å²) in [5.74, 6) is 1.14.